The number of aryl methyl sites for hydroxylation is 2. The van der Waals surface area contributed by atoms with Gasteiger partial charge in [-0.15, -0.1) is 0 Å². The molecule has 0 spiro atoms. The molecule has 2 aromatic rings. The molecule has 0 aliphatic carbocycles. The zero-order valence-corrected chi connectivity index (χ0v) is 13.2. The maximum Gasteiger partial charge on any atom is 0.327 e. The van der Waals surface area contributed by atoms with Crippen molar-refractivity contribution in [3.05, 3.63) is 59.7 Å². The smallest absolute Gasteiger partial charge is 0.255 e. The fourth-order valence-electron chi connectivity index (χ4n) is 1.92. The van der Waals surface area contributed by atoms with Gasteiger partial charge in [0, 0.05) is 0 Å². The van der Waals surface area contributed by atoms with Crippen molar-refractivity contribution in [2.45, 2.75) is 13.8 Å². The summed E-state index contributed by atoms with van der Waals surface area (Å²) in [5.74, 6) is 0. The van der Waals surface area contributed by atoms with Crippen molar-refractivity contribution in [1.29, 1.82) is 0 Å². The van der Waals surface area contributed by atoms with E-state index >= 15 is 0 Å². The molecule has 0 bridgehead atoms. The third kappa shape index (κ3) is 3.63. The van der Waals surface area contributed by atoms with Crippen molar-refractivity contribution in [2.75, 3.05) is 4.90 Å². The summed E-state index contributed by atoms with van der Waals surface area (Å²) in [7, 11) is 0. The van der Waals surface area contributed by atoms with Gasteiger partial charge in [-0.3, -0.25) is 4.79 Å². The topological polar surface area (TPSA) is 32.7 Å². The molecule has 0 radical (unpaired) electrons. The van der Waals surface area contributed by atoms with Crippen LogP contribution in [0.5, 0.6) is 0 Å². The summed E-state index contributed by atoms with van der Waals surface area (Å²) in [5, 5.41) is -0.690. The van der Waals surface area contributed by atoms with Crippen LogP contribution in [0.15, 0.2) is 53.5 Å². The molecule has 0 unspecified atom stereocenters. The van der Waals surface area contributed by atoms with Gasteiger partial charge in [0.15, 0.2) is 0 Å². The molecule has 0 aliphatic rings. The predicted octanol–water partition coefficient (Wildman–Crippen LogP) is 5.40. The first kappa shape index (κ1) is 15.5. The van der Waals surface area contributed by atoms with Crippen LogP contribution in [-0.2, 0) is 0 Å². The molecule has 0 atom stereocenters. The second-order valence-corrected chi connectivity index (χ2v) is 5.20. The Labute approximate surface area is 133 Å². The van der Waals surface area contributed by atoms with Crippen molar-refractivity contribution in [3.8, 4) is 0 Å². The van der Waals surface area contributed by atoms with E-state index in [1.165, 1.54) is 4.90 Å². The summed E-state index contributed by atoms with van der Waals surface area (Å²) in [6.07, 6.45) is 0. The van der Waals surface area contributed by atoms with Crippen molar-refractivity contribution in [2.24, 2.45) is 4.99 Å². The zero-order valence-electron chi connectivity index (χ0n) is 11.7. The van der Waals surface area contributed by atoms with Gasteiger partial charge in [0.25, 0.3) is 0 Å². The Hall–Kier alpha value is -1.84. The number of halogens is 2. The SMILES string of the molecule is Cc1ccccc1N=C(Cl)N(C(=O)Cl)c1ccccc1C. The fraction of sp³-hybridized carbons (Fsp3) is 0.125. The molecule has 0 N–H and O–H groups in total. The van der Waals surface area contributed by atoms with Crippen LogP contribution < -0.4 is 4.90 Å². The molecule has 2 aromatic carbocycles. The second-order valence-electron chi connectivity index (χ2n) is 4.54. The first-order valence-electron chi connectivity index (χ1n) is 6.35. The number of hydrogen-bond acceptors (Lipinski definition) is 2. The molecule has 0 saturated heterocycles. The normalized spacial score (nSPS) is 11.3. The zero-order chi connectivity index (χ0) is 15.4. The monoisotopic (exact) mass is 320 g/mol. The van der Waals surface area contributed by atoms with Crippen molar-refractivity contribution in [3.63, 3.8) is 0 Å². The molecule has 1 amide bonds. The number of carbonyl (C=O) groups is 1. The minimum absolute atomic E-state index is 0.0126. The first-order chi connectivity index (χ1) is 10.0. The van der Waals surface area contributed by atoms with Crippen LogP contribution >= 0.6 is 23.2 Å². The molecule has 108 valence electrons. The van der Waals surface area contributed by atoms with E-state index < -0.39 is 5.37 Å². The molecule has 0 fully saturated rings. The Morgan fingerprint density at radius 3 is 2.10 bits per heavy atom. The molecule has 3 nitrogen and oxygen atoms in total. The molecule has 0 aromatic heterocycles. The Bertz CT molecular complexity index is 698. The highest BCUT2D eigenvalue weighted by Gasteiger charge is 2.20. The van der Waals surface area contributed by atoms with Crippen LogP contribution in [0.3, 0.4) is 0 Å². The number of amidine groups is 1. The Morgan fingerprint density at radius 1 is 0.952 bits per heavy atom. The van der Waals surface area contributed by atoms with Crippen LogP contribution in [0.2, 0.25) is 0 Å². The van der Waals surface area contributed by atoms with E-state index in [4.69, 9.17) is 23.2 Å². The molecular formula is C16H14Cl2N2O. The second kappa shape index (κ2) is 6.74. The highest BCUT2D eigenvalue weighted by atomic mass is 35.5. The average molecular weight is 321 g/mol. The van der Waals surface area contributed by atoms with E-state index in [9.17, 15) is 4.79 Å². The summed E-state index contributed by atoms with van der Waals surface area (Å²) in [6.45, 7) is 3.80. The lowest BCUT2D eigenvalue weighted by atomic mass is 10.2. The molecular weight excluding hydrogens is 307 g/mol. The third-order valence-corrected chi connectivity index (χ3v) is 3.47. The van der Waals surface area contributed by atoms with Gasteiger partial charge < -0.3 is 0 Å². The van der Waals surface area contributed by atoms with Gasteiger partial charge >= 0.3 is 5.37 Å². The minimum atomic E-state index is -0.702. The van der Waals surface area contributed by atoms with Crippen LogP contribution in [0.4, 0.5) is 16.2 Å². The highest BCUT2D eigenvalue weighted by molar-refractivity contribution is 6.77. The molecule has 0 saturated carbocycles. The summed E-state index contributed by atoms with van der Waals surface area (Å²) in [5.41, 5.74) is 3.14. The Balaban J connectivity index is 2.47. The summed E-state index contributed by atoms with van der Waals surface area (Å²) in [6, 6.07) is 14.8. The van der Waals surface area contributed by atoms with Gasteiger partial charge in [0.1, 0.15) is 0 Å². The largest absolute Gasteiger partial charge is 0.327 e. The van der Waals surface area contributed by atoms with Crippen LogP contribution in [-0.4, -0.2) is 10.7 Å². The lowest BCUT2D eigenvalue weighted by molar-refractivity contribution is 0.266. The maximum atomic E-state index is 11.7. The van der Waals surface area contributed by atoms with Crippen molar-refractivity contribution >= 4 is 45.2 Å². The number of nitrogens with zero attached hydrogens (tertiary/aromatic N) is 2. The molecule has 5 heteroatoms. The van der Waals surface area contributed by atoms with Gasteiger partial charge in [-0.1, -0.05) is 36.4 Å². The number of amides is 1. The van der Waals surface area contributed by atoms with E-state index in [1.807, 2.05) is 56.3 Å². The predicted molar refractivity (Wildman–Crippen MR) is 89.0 cm³/mol. The Morgan fingerprint density at radius 2 is 1.52 bits per heavy atom. The van der Waals surface area contributed by atoms with E-state index in [-0.39, 0.29) is 5.29 Å². The quantitative estimate of drug-likeness (QED) is 0.316. The molecule has 2 rings (SSSR count). The number of benzene rings is 2. The van der Waals surface area contributed by atoms with Gasteiger partial charge in [0.2, 0.25) is 5.29 Å². The van der Waals surface area contributed by atoms with Gasteiger partial charge in [-0.2, -0.15) is 0 Å². The van der Waals surface area contributed by atoms with Crippen LogP contribution in [0.1, 0.15) is 11.1 Å². The number of para-hydroxylation sites is 2. The van der Waals surface area contributed by atoms with E-state index in [1.54, 1.807) is 6.07 Å². The van der Waals surface area contributed by atoms with Crippen LogP contribution in [0.25, 0.3) is 0 Å². The molecule has 0 heterocycles. The number of aliphatic imine (C=N–C) groups is 1. The summed E-state index contributed by atoms with van der Waals surface area (Å²) >= 11 is 11.9. The molecule has 21 heavy (non-hydrogen) atoms. The van der Waals surface area contributed by atoms with E-state index in [0.29, 0.717) is 11.4 Å². The van der Waals surface area contributed by atoms with Gasteiger partial charge in [-0.05, 0) is 60.3 Å². The number of rotatable bonds is 2. The van der Waals surface area contributed by atoms with E-state index in [0.717, 1.165) is 11.1 Å². The van der Waals surface area contributed by atoms with E-state index in [2.05, 4.69) is 4.99 Å². The van der Waals surface area contributed by atoms with Gasteiger partial charge in [0.05, 0.1) is 11.4 Å². The summed E-state index contributed by atoms with van der Waals surface area (Å²) in [4.78, 5) is 17.2. The number of hydrogen-bond donors (Lipinski definition) is 0. The van der Waals surface area contributed by atoms with Crippen molar-refractivity contribution in [1.82, 2.24) is 0 Å². The number of carbonyl (C=O) groups excluding carboxylic acids is 1. The highest BCUT2D eigenvalue weighted by Crippen LogP contribution is 2.25. The lowest BCUT2D eigenvalue weighted by Crippen LogP contribution is -2.30. The standard InChI is InChI=1S/C16H14Cl2N2O/c1-11-7-3-5-9-13(11)19-15(17)20(16(18)21)14-10-6-4-8-12(14)2/h3-10H,1-2H3. The fourth-order valence-corrected chi connectivity index (χ4v) is 2.39. The van der Waals surface area contributed by atoms with Gasteiger partial charge in [-0.25, -0.2) is 9.89 Å². The minimum Gasteiger partial charge on any atom is -0.255 e. The third-order valence-electron chi connectivity index (χ3n) is 3.04. The average Bonchev–Trinajstić information content (AvgIpc) is 2.43. The number of anilines is 1. The Kier molecular flexibility index (Phi) is 4.99. The molecule has 0 aliphatic heterocycles. The first-order valence-corrected chi connectivity index (χ1v) is 7.11. The lowest BCUT2D eigenvalue weighted by Gasteiger charge is -2.19. The maximum absolute atomic E-state index is 11.7. The summed E-state index contributed by atoms with van der Waals surface area (Å²) < 4.78 is 0. The van der Waals surface area contributed by atoms with Crippen LogP contribution in [0, 0.1) is 13.8 Å². The van der Waals surface area contributed by atoms with Crippen molar-refractivity contribution < 1.29 is 4.79 Å².